The molecule has 2 aromatic carbocycles. The smallest absolute Gasteiger partial charge is 0.293 e. The number of fused-ring (bicyclic) bond motifs is 1. The van der Waals surface area contributed by atoms with E-state index in [1.54, 1.807) is 13.3 Å². The fourth-order valence-corrected chi connectivity index (χ4v) is 5.50. The van der Waals surface area contributed by atoms with Crippen molar-refractivity contribution in [2.45, 2.75) is 32.4 Å². The molecule has 2 aliphatic rings. The maximum Gasteiger partial charge on any atom is 0.293 e. The van der Waals surface area contributed by atoms with Gasteiger partial charge in [0, 0.05) is 50.5 Å². The Hall–Kier alpha value is -3.95. The van der Waals surface area contributed by atoms with Crippen LogP contribution in [0.15, 0.2) is 67.1 Å². The summed E-state index contributed by atoms with van der Waals surface area (Å²) < 4.78 is 12.6. The van der Waals surface area contributed by atoms with Gasteiger partial charge in [-0.3, -0.25) is 4.79 Å². The molecular formula is C31H38N6O3. The molecule has 1 saturated carbocycles. The maximum absolute atomic E-state index is 9.18. The second-order valence-corrected chi connectivity index (χ2v) is 10.3. The summed E-state index contributed by atoms with van der Waals surface area (Å²) in [7, 11) is 0. The molecule has 0 radical (unpaired) electrons. The lowest BCUT2D eigenvalue weighted by Crippen LogP contribution is -2.47. The van der Waals surface area contributed by atoms with Crippen molar-refractivity contribution in [3.05, 3.63) is 72.7 Å². The summed E-state index contributed by atoms with van der Waals surface area (Å²) >= 11 is 0. The quantitative estimate of drug-likeness (QED) is 0.302. The molecule has 1 aliphatic heterocycles. The average Bonchev–Trinajstić information content (AvgIpc) is 3.36. The maximum atomic E-state index is 9.18. The number of nitrogen functional groups attached to an aromatic ring is 1. The van der Waals surface area contributed by atoms with Crippen molar-refractivity contribution in [1.29, 1.82) is 0 Å². The molecule has 0 unspecified atom stereocenters. The molecule has 2 fully saturated rings. The normalized spacial score (nSPS) is 18.8. The molecule has 40 heavy (non-hydrogen) atoms. The zero-order valence-electron chi connectivity index (χ0n) is 23.0. The number of hydrogen-bond acceptors (Lipinski definition) is 8. The number of anilines is 1. The number of carbonyl (C=O) groups excluding carboxylic acids is 1. The first-order valence-corrected chi connectivity index (χ1v) is 14.0. The number of nitrogens with two attached hydrogens (primary N) is 1. The van der Waals surface area contributed by atoms with Gasteiger partial charge in [-0.05, 0) is 48.9 Å². The monoisotopic (exact) mass is 542 g/mol. The van der Waals surface area contributed by atoms with E-state index < -0.39 is 0 Å². The van der Waals surface area contributed by atoms with Crippen LogP contribution in [0.2, 0.25) is 0 Å². The van der Waals surface area contributed by atoms with E-state index in [2.05, 4.69) is 60.0 Å². The molecule has 0 bridgehead atoms. The van der Waals surface area contributed by atoms with Crippen LogP contribution in [0.4, 0.5) is 5.82 Å². The zero-order chi connectivity index (χ0) is 27.7. The molecule has 1 aliphatic carbocycles. The molecule has 0 atom stereocenters. The highest BCUT2D eigenvalue weighted by atomic mass is 16.5. The average molecular weight is 543 g/mol. The number of carbonyl (C=O) groups is 1. The van der Waals surface area contributed by atoms with Gasteiger partial charge in [0.1, 0.15) is 30.1 Å². The number of piperazine rings is 1. The Morgan fingerprint density at radius 3 is 2.60 bits per heavy atom. The highest BCUT2D eigenvalue weighted by molar-refractivity contribution is 6.00. The fourth-order valence-electron chi connectivity index (χ4n) is 5.50. The highest BCUT2D eigenvalue weighted by Gasteiger charge is 2.33. The van der Waals surface area contributed by atoms with Crippen molar-refractivity contribution in [2.75, 3.05) is 45.1 Å². The minimum atomic E-state index is 0.431. The summed E-state index contributed by atoms with van der Waals surface area (Å²) in [6.07, 6.45) is 6.15. The second kappa shape index (κ2) is 13.4. The summed E-state index contributed by atoms with van der Waals surface area (Å²) in [5.41, 5.74) is 10.6. The number of ether oxygens (including phenoxy) is 2. The van der Waals surface area contributed by atoms with Gasteiger partial charge in [0.05, 0.1) is 12.0 Å². The first-order chi connectivity index (χ1) is 19.7. The number of hydrogen-bond donors (Lipinski definition) is 2. The summed E-state index contributed by atoms with van der Waals surface area (Å²) in [6, 6.07) is 18.9. The SMILES string of the molecule is CCOC=O.Nc1ncnc2c1c(-c1cccc(OCc3ccccc3)c1)cn2[C@H]1C[C@@H](CN2CCNCC2)C1. The molecule has 1 saturated heterocycles. The van der Waals surface area contributed by atoms with Crippen molar-refractivity contribution in [2.24, 2.45) is 5.92 Å². The van der Waals surface area contributed by atoms with Gasteiger partial charge in [-0.2, -0.15) is 0 Å². The summed E-state index contributed by atoms with van der Waals surface area (Å²) in [5, 5.41) is 4.37. The molecule has 6 rings (SSSR count). The molecule has 0 spiro atoms. The van der Waals surface area contributed by atoms with Gasteiger partial charge < -0.3 is 30.0 Å². The Balaban J connectivity index is 0.000000595. The van der Waals surface area contributed by atoms with Crippen LogP contribution in [0.5, 0.6) is 5.75 Å². The molecular weight excluding hydrogens is 504 g/mol. The van der Waals surface area contributed by atoms with Crippen molar-refractivity contribution in [1.82, 2.24) is 24.8 Å². The minimum absolute atomic E-state index is 0.431. The minimum Gasteiger partial charge on any atom is -0.489 e. The molecule has 9 heteroatoms. The first kappa shape index (κ1) is 27.6. The summed E-state index contributed by atoms with van der Waals surface area (Å²) in [6.45, 7) is 8.92. The Bertz CT molecular complexity index is 1380. The molecule has 4 aromatic rings. The first-order valence-electron chi connectivity index (χ1n) is 14.0. The van der Waals surface area contributed by atoms with Gasteiger partial charge >= 0.3 is 0 Å². The summed E-state index contributed by atoms with van der Waals surface area (Å²) in [5.74, 6) is 2.10. The third-order valence-electron chi connectivity index (χ3n) is 7.60. The zero-order valence-corrected chi connectivity index (χ0v) is 23.0. The number of benzene rings is 2. The van der Waals surface area contributed by atoms with Gasteiger partial charge in [-0.1, -0.05) is 42.5 Å². The van der Waals surface area contributed by atoms with Gasteiger partial charge in [-0.15, -0.1) is 0 Å². The van der Waals surface area contributed by atoms with Gasteiger partial charge in [0.2, 0.25) is 0 Å². The van der Waals surface area contributed by atoms with Crippen LogP contribution in [0.25, 0.3) is 22.2 Å². The van der Waals surface area contributed by atoms with Crippen LogP contribution in [0.3, 0.4) is 0 Å². The second-order valence-electron chi connectivity index (χ2n) is 10.3. The van der Waals surface area contributed by atoms with Crippen molar-refractivity contribution in [3.8, 4) is 16.9 Å². The molecule has 3 heterocycles. The lowest BCUT2D eigenvalue weighted by atomic mass is 9.79. The van der Waals surface area contributed by atoms with Gasteiger partial charge in [-0.25, -0.2) is 9.97 Å². The highest BCUT2D eigenvalue weighted by Crippen LogP contribution is 2.43. The van der Waals surface area contributed by atoms with Crippen LogP contribution >= 0.6 is 0 Å². The molecule has 3 N–H and O–H groups in total. The Morgan fingerprint density at radius 2 is 1.88 bits per heavy atom. The van der Waals surface area contributed by atoms with E-state index >= 15 is 0 Å². The number of nitrogens with zero attached hydrogens (tertiary/aromatic N) is 4. The van der Waals surface area contributed by atoms with Crippen molar-refractivity contribution < 1.29 is 14.3 Å². The Labute approximate surface area is 235 Å². The lowest BCUT2D eigenvalue weighted by molar-refractivity contribution is -0.128. The Morgan fingerprint density at radius 1 is 1.07 bits per heavy atom. The standard InChI is InChI=1S/C28H32N6O.C3H6O2/c29-27-26-25(22-7-4-8-24(15-22)35-18-20-5-2-1-3-6-20)17-34(28(26)32-19-31-27)23-13-21(14-23)16-33-11-9-30-10-12-33;1-2-5-3-4/h1-8,15,17,19,21,23,30H,9-14,16,18H2,(H2,29,31,32);3H,2H2,1H3/t21-,23+;. The van der Waals surface area contributed by atoms with E-state index in [4.69, 9.17) is 10.5 Å². The molecule has 9 nitrogen and oxygen atoms in total. The number of rotatable bonds is 9. The predicted octanol–water partition coefficient (Wildman–Crippen LogP) is 4.30. The number of aromatic nitrogens is 3. The van der Waals surface area contributed by atoms with Crippen LogP contribution in [-0.2, 0) is 16.1 Å². The van der Waals surface area contributed by atoms with Gasteiger partial charge in [0.15, 0.2) is 0 Å². The van der Waals surface area contributed by atoms with E-state index in [1.165, 1.54) is 19.4 Å². The third-order valence-corrected chi connectivity index (χ3v) is 7.60. The largest absolute Gasteiger partial charge is 0.489 e. The van der Waals surface area contributed by atoms with E-state index in [0.29, 0.717) is 31.5 Å². The summed E-state index contributed by atoms with van der Waals surface area (Å²) in [4.78, 5) is 20.7. The van der Waals surface area contributed by atoms with Crippen LogP contribution in [0, 0.1) is 5.92 Å². The predicted molar refractivity (Wildman–Crippen MR) is 157 cm³/mol. The fraction of sp³-hybridized carbons (Fsp3) is 0.387. The van der Waals surface area contributed by atoms with E-state index in [1.807, 2.05) is 30.3 Å². The molecule has 210 valence electrons. The third kappa shape index (κ3) is 6.60. The van der Waals surface area contributed by atoms with E-state index in [0.717, 1.165) is 65.6 Å². The van der Waals surface area contributed by atoms with Crippen LogP contribution in [-0.4, -0.2) is 65.2 Å². The molecule has 2 aromatic heterocycles. The van der Waals surface area contributed by atoms with Crippen molar-refractivity contribution >= 4 is 23.3 Å². The number of nitrogens with one attached hydrogen (secondary N) is 1. The topological polar surface area (TPSA) is 108 Å². The van der Waals surface area contributed by atoms with Crippen LogP contribution < -0.4 is 15.8 Å². The van der Waals surface area contributed by atoms with Gasteiger partial charge in [0.25, 0.3) is 6.47 Å². The van der Waals surface area contributed by atoms with E-state index in [-0.39, 0.29) is 0 Å². The van der Waals surface area contributed by atoms with Crippen molar-refractivity contribution in [3.63, 3.8) is 0 Å². The lowest BCUT2D eigenvalue weighted by Gasteiger charge is -2.40. The molecule has 0 amide bonds. The Kier molecular flexibility index (Phi) is 9.26. The van der Waals surface area contributed by atoms with Crippen LogP contribution in [0.1, 0.15) is 31.4 Å². The van der Waals surface area contributed by atoms with E-state index in [9.17, 15) is 4.79 Å².